The Hall–Kier alpha value is 0.270. The normalized spacial score (nSPS) is 20.0. The number of sulfonamides is 1. The lowest BCUT2D eigenvalue weighted by Gasteiger charge is -2.20. The number of rotatable bonds is 7. The average Bonchev–Trinajstić information content (AvgIpc) is 2.94. The molecule has 1 aromatic rings. The van der Waals surface area contributed by atoms with Crippen molar-refractivity contribution in [3.8, 4) is 0 Å². The van der Waals surface area contributed by atoms with Gasteiger partial charge in [0.1, 0.15) is 0 Å². The second-order valence-corrected chi connectivity index (χ2v) is 10.5. The molecule has 2 heterocycles. The Labute approximate surface area is 139 Å². The third-order valence-corrected chi connectivity index (χ3v) is 8.34. The van der Waals surface area contributed by atoms with Crippen LogP contribution in [0.25, 0.3) is 0 Å². The monoisotopic (exact) mass is 366 g/mol. The van der Waals surface area contributed by atoms with Gasteiger partial charge in [0.2, 0.25) is 10.0 Å². The molecule has 0 aliphatic carbocycles. The molecule has 1 saturated heterocycles. The van der Waals surface area contributed by atoms with Crippen LogP contribution in [0.4, 0.5) is 0 Å². The van der Waals surface area contributed by atoms with E-state index >= 15 is 0 Å². The van der Waals surface area contributed by atoms with E-state index in [9.17, 15) is 8.42 Å². The SMILES string of the molecule is CC(C)NCc1cc(S(=O)(=O)NCC2CSCCS2)cs1. The van der Waals surface area contributed by atoms with Crippen molar-refractivity contribution in [2.24, 2.45) is 0 Å². The first kappa shape index (κ1) is 17.6. The molecule has 120 valence electrons. The second kappa shape index (κ2) is 8.21. The Morgan fingerprint density at radius 1 is 1.38 bits per heavy atom. The fourth-order valence-electron chi connectivity index (χ4n) is 1.84. The lowest BCUT2D eigenvalue weighted by molar-refractivity contribution is 0.581. The van der Waals surface area contributed by atoms with Crippen LogP contribution in [0, 0.1) is 0 Å². The summed E-state index contributed by atoms with van der Waals surface area (Å²) in [6.45, 7) is 5.39. The summed E-state index contributed by atoms with van der Waals surface area (Å²) in [5.74, 6) is 3.31. The van der Waals surface area contributed by atoms with Crippen molar-refractivity contribution in [3.63, 3.8) is 0 Å². The van der Waals surface area contributed by atoms with Gasteiger partial charge in [-0.05, 0) is 6.07 Å². The first-order valence-corrected chi connectivity index (χ1v) is 11.5. The van der Waals surface area contributed by atoms with Crippen molar-refractivity contribution in [1.29, 1.82) is 0 Å². The second-order valence-electron chi connectivity index (χ2n) is 5.20. The molecule has 0 saturated carbocycles. The molecule has 1 atom stereocenters. The van der Waals surface area contributed by atoms with Gasteiger partial charge in [-0.2, -0.15) is 23.5 Å². The summed E-state index contributed by atoms with van der Waals surface area (Å²) in [6.07, 6.45) is 0. The molecule has 21 heavy (non-hydrogen) atoms. The van der Waals surface area contributed by atoms with Crippen molar-refractivity contribution in [2.45, 2.75) is 36.6 Å². The van der Waals surface area contributed by atoms with E-state index in [1.165, 1.54) is 17.1 Å². The van der Waals surface area contributed by atoms with Crippen molar-refractivity contribution in [2.75, 3.05) is 23.8 Å². The average molecular weight is 367 g/mol. The van der Waals surface area contributed by atoms with Gasteiger partial charge in [-0.15, -0.1) is 11.3 Å². The van der Waals surface area contributed by atoms with E-state index in [1.54, 1.807) is 11.4 Å². The summed E-state index contributed by atoms with van der Waals surface area (Å²) in [5, 5.41) is 5.41. The van der Waals surface area contributed by atoms with Crippen LogP contribution in [-0.4, -0.2) is 43.5 Å². The number of hydrogen-bond donors (Lipinski definition) is 2. The molecule has 2 N–H and O–H groups in total. The van der Waals surface area contributed by atoms with Crippen molar-refractivity contribution < 1.29 is 8.42 Å². The topological polar surface area (TPSA) is 58.2 Å². The largest absolute Gasteiger partial charge is 0.310 e. The third-order valence-electron chi connectivity index (χ3n) is 3.01. The van der Waals surface area contributed by atoms with Crippen LogP contribution < -0.4 is 10.0 Å². The van der Waals surface area contributed by atoms with E-state index in [2.05, 4.69) is 23.9 Å². The molecule has 0 spiro atoms. The Kier molecular flexibility index (Phi) is 6.89. The Balaban J connectivity index is 1.89. The molecule has 1 aliphatic rings. The summed E-state index contributed by atoms with van der Waals surface area (Å²) in [5.41, 5.74) is 0. The third kappa shape index (κ3) is 5.76. The molecular weight excluding hydrogens is 344 g/mol. The number of nitrogens with one attached hydrogen (secondary N) is 2. The number of hydrogen-bond acceptors (Lipinski definition) is 6. The van der Waals surface area contributed by atoms with Crippen molar-refractivity contribution in [1.82, 2.24) is 10.0 Å². The summed E-state index contributed by atoms with van der Waals surface area (Å²) in [7, 11) is -3.37. The molecule has 1 unspecified atom stereocenters. The van der Waals surface area contributed by atoms with E-state index < -0.39 is 10.0 Å². The maximum absolute atomic E-state index is 12.3. The maximum atomic E-state index is 12.3. The Bertz CT molecular complexity index is 536. The molecule has 0 radical (unpaired) electrons. The van der Waals surface area contributed by atoms with E-state index in [1.807, 2.05) is 23.5 Å². The minimum absolute atomic E-state index is 0.388. The summed E-state index contributed by atoms with van der Waals surface area (Å²) < 4.78 is 27.3. The van der Waals surface area contributed by atoms with E-state index in [4.69, 9.17) is 0 Å². The van der Waals surface area contributed by atoms with E-state index in [-0.39, 0.29) is 0 Å². The first-order chi connectivity index (χ1) is 9.97. The number of thiophene rings is 1. The molecule has 2 rings (SSSR count). The van der Waals surface area contributed by atoms with Gasteiger partial charge in [0, 0.05) is 51.9 Å². The zero-order chi connectivity index (χ0) is 15.3. The molecule has 0 amide bonds. The van der Waals surface area contributed by atoms with Crippen molar-refractivity contribution >= 4 is 44.9 Å². The van der Waals surface area contributed by atoms with E-state index in [0.717, 1.165) is 16.4 Å². The number of thioether (sulfide) groups is 2. The van der Waals surface area contributed by atoms with Crippen LogP contribution in [0.1, 0.15) is 18.7 Å². The highest BCUT2D eigenvalue weighted by Crippen LogP contribution is 2.24. The molecular formula is C13H22N2O2S4. The minimum atomic E-state index is -3.37. The van der Waals surface area contributed by atoms with Crippen LogP contribution in [0.2, 0.25) is 0 Å². The van der Waals surface area contributed by atoms with Gasteiger partial charge in [0.05, 0.1) is 4.90 Å². The molecule has 1 aromatic heterocycles. The summed E-state index contributed by atoms with van der Waals surface area (Å²) in [6, 6.07) is 2.16. The smallest absolute Gasteiger partial charge is 0.241 e. The molecule has 0 bridgehead atoms. The predicted octanol–water partition coefficient (Wildman–Crippen LogP) is 2.37. The predicted molar refractivity (Wildman–Crippen MR) is 95.1 cm³/mol. The Morgan fingerprint density at radius 2 is 2.19 bits per heavy atom. The van der Waals surface area contributed by atoms with Gasteiger partial charge in [-0.1, -0.05) is 13.8 Å². The fraction of sp³-hybridized carbons (Fsp3) is 0.692. The lowest BCUT2D eigenvalue weighted by atomic mass is 10.4. The fourth-order valence-corrected chi connectivity index (χ4v) is 6.86. The van der Waals surface area contributed by atoms with Gasteiger partial charge >= 0.3 is 0 Å². The van der Waals surface area contributed by atoms with Crippen LogP contribution >= 0.6 is 34.9 Å². The molecule has 4 nitrogen and oxygen atoms in total. The van der Waals surface area contributed by atoms with Crippen LogP contribution in [0.3, 0.4) is 0 Å². The molecule has 0 aromatic carbocycles. The maximum Gasteiger partial charge on any atom is 0.241 e. The van der Waals surface area contributed by atoms with Gasteiger partial charge in [0.15, 0.2) is 0 Å². The standard InChI is InChI=1S/C13H22N2O2S4/c1-10(2)14-6-11-5-13(9-20-11)21(16,17)15-7-12-8-18-3-4-19-12/h5,9-10,12,14-15H,3-4,6-8H2,1-2H3. The van der Waals surface area contributed by atoms with E-state index in [0.29, 0.717) is 29.3 Å². The molecule has 8 heteroatoms. The summed E-state index contributed by atoms with van der Waals surface area (Å²) in [4.78, 5) is 1.44. The highest BCUT2D eigenvalue weighted by atomic mass is 32.2. The molecule has 1 aliphatic heterocycles. The van der Waals surface area contributed by atoms with Crippen LogP contribution in [-0.2, 0) is 16.6 Å². The summed E-state index contributed by atoms with van der Waals surface area (Å²) >= 11 is 5.25. The van der Waals surface area contributed by atoms with Gasteiger partial charge < -0.3 is 5.32 Å². The Morgan fingerprint density at radius 3 is 2.86 bits per heavy atom. The highest BCUT2D eigenvalue weighted by Gasteiger charge is 2.20. The quantitative estimate of drug-likeness (QED) is 0.776. The zero-order valence-corrected chi connectivity index (χ0v) is 15.6. The minimum Gasteiger partial charge on any atom is -0.310 e. The highest BCUT2D eigenvalue weighted by molar-refractivity contribution is 8.06. The first-order valence-electron chi connectivity index (χ1n) is 6.97. The van der Waals surface area contributed by atoms with Crippen molar-refractivity contribution in [3.05, 3.63) is 16.3 Å². The van der Waals surface area contributed by atoms with Crippen LogP contribution in [0.15, 0.2) is 16.3 Å². The van der Waals surface area contributed by atoms with Gasteiger partial charge in [0.25, 0.3) is 0 Å². The zero-order valence-electron chi connectivity index (χ0n) is 12.3. The van der Waals surface area contributed by atoms with Crippen LogP contribution in [0.5, 0.6) is 0 Å². The van der Waals surface area contributed by atoms with Gasteiger partial charge in [-0.3, -0.25) is 0 Å². The molecule has 1 fully saturated rings. The lowest BCUT2D eigenvalue weighted by Crippen LogP contribution is -2.33. The van der Waals surface area contributed by atoms with Gasteiger partial charge in [-0.25, -0.2) is 13.1 Å².